The summed E-state index contributed by atoms with van der Waals surface area (Å²) in [6.07, 6.45) is 1.30. The minimum Gasteiger partial charge on any atom is -0.478 e. The summed E-state index contributed by atoms with van der Waals surface area (Å²) in [6.45, 7) is 4.65. The average molecular weight is 431 g/mol. The third-order valence-electron chi connectivity index (χ3n) is 5.46. The molecule has 2 amide bonds. The van der Waals surface area contributed by atoms with Gasteiger partial charge in [0.1, 0.15) is 0 Å². The SMILES string of the molecule is O=C(O)c1ccc(CN(C(=O)N2CCN(C3COC3)CC2)c2cccc(Cl)c2)nc1. The maximum Gasteiger partial charge on any atom is 0.337 e. The standard InChI is InChI=1S/C21H23ClN4O4/c22-16-2-1-3-18(10-16)26(12-17-5-4-15(11-23-17)20(27)28)21(29)25-8-6-24(7-9-25)19-13-30-14-19/h1-5,10-11,19H,6-9,12-14H2,(H,27,28). The fraction of sp³-hybridized carbons (Fsp3) is 0.381. The summed E-state index contributed by atoms with van der Waals surface area (Å²) < 4.78 is 5.27. The van der Waals surface area contributed by atoms with E-state index in [0.717, 1.165) is 26.3 Å². The van der Waals surface area contributed by atoms with Gasteiger partial charge in [0, 0.05) is 43.1 Å². The second-order valence-electron chi connectivity index (χ2n) is 7.41. The van der Waals surface area contributed by atoms with Crippen LogP contribution >= 0.6 is 11.6 Å². The molecule has 0 aliphatic carbocycles. The minimum atomic E-state index is -1.04. The lowest BCUT2D eigenvalue weighted by atomic mass is 10.2. The predicted molar refractivity (Wildman–Crippen MR) is 112 cm³/mol. The van der Waals surface area contributed by atoms with E-state index in [1.807, 2.05) is 11.0 Å². The number of carboxylic acid groups (broad SMARTS) is 1. The number of hydrogen-bond acceptors (Lipinski definition) is 5. The molecule has 2 saturated heterocycles. The van der Waals surface area contributed by atoms with Crippen molar-refractivity contribution in [2.24, 2.45) is 0 Å². The summed E-state index contributed by atoms with van der Waals surface area (Å²) in [6, 6.07) is 10.6. The fourth-order valence-corrected chi connectivity index (χ4v) is 3.79. The number of urea groups is 1. The molecule has 3 heterocycles. The van der Waals surface area contributed by atoms with Crippen molar-refractivity contribution < 1.29 is 19.4 Å². The first-order valence-corrected chi connectivity index (χ1v) is 10.2. The van der Waals surface area contributed by atoms with Gasteiger partial charge >= 0.3 is 12.0 Å². The van der Waals surface area contributed by atoms with Crippen LogP contribution in [-0.4, -0.2) is 77.3 Å². The average Bonchev–Trinajstić information content (AvgIpc) is 2.71. The molecule has 1 aromatic heterocycles. The number of pyridine rings is 1. The van der Waals surface area contributed by atoms with Gasteiger partial charge < -0.3 is 14.7 Å². The highest BCUT2D eigenvalue weighted by Gasteiger charge is 2.32. The van der Waals surface area contributed by atoms with Crippen molar-refractivity contribution in [1.82, 2.24) is 14.8 Å². The predicted octanol–water partition coefficient (Wildman–Crippen LogP) is 2.58. The zero-order chi connectivity index (χ0) is 21.1. The molecule has 0 atom stereocenters. The molecule has 0 saturated carbocycles. The first kappa shape index (κ1) is 20.6. The maximum absolute atomic E-state index is 13.4. The molecule has 1 aromatic carbocycles. The van der Waals surface area contributed by atoms with Gasteiger partial charge in [-0.1, -0.05) is 17.7 Å². The Morgan fingerprint density at radius 1 is 1.17 bits per heavy atom. The number of aromatic nitrogens is 1. The second kappa shape index (κ2) is 8.99. The summed E-state index contributed by atoms with van der Waals surface area (Å²) in [4.78, 5) is 34.5. The van der Waals surface area contributed by atoms with Crippen molar-refractivity contribution in [3.05, 3.63) is 58.9 Å². The Morgan fingerprint density at radius 2 is 1.93 bits per heavy atom. The Balaban J connectivity index is 1.51. The highest BCUT2D eigenvalue weighted by atomic mass is 35.5. The molecular formula is C21H23ClN4O4. The Kier molecular flexibility index (Phi) is 6.17. The maximum atomic E-state index is 13.4. The van der Waals surface area contributed by atoms with Gasteiger partial charge in [0.05, 0.1) is 37.1 Å². The van der Waals surface area contributed by atoms with Gasteiger partial charge in [0.15, 0.2) is 0 Å². The van der Waals surface area contributed by atoms with Crippen molar-refractivity contribution in [2.45, 2.75) is 12.6 Å². The molecule has 2 aliphatic heterocycles. The van der Waals surface area contributed by atoms with Gasteiger partial charge in [0.2, 0.25) is 0 Å². The van der Waals surface area contributed by atoms with Crippen LogP contribution in [0.2, 0.25) is 5.02 Å². The quantitative estimate of drug-likeness (QED) is 0.784. The molecule has 0 unspecified atom stereocenters. The molecule has 0 bridgehead atoms. The first-order chi connectivity index (χ1) is 14.5. The number of nitrogens with zero attached hydrogens (tertiary/aromatic N) is 4. The Bertz CT molecular complexity index is 911. The number of carboxylic acids is 1. The second-order valence-corrected chi connectivity index (χ2v) is 7.84. The van der Waals surface area contributed by atoms with Crippen LogP contribution in [0.5, 0.6) is 0 Å². The molecule has 2 fully saturated rings. The van der Waals surface area contributed by atoms with E-state index in [2.05, 4.69) is 9.88 Å². The van der Waals surface area contributed by atoms with Gasteiger partial charge in [-0.15, -0.1) is 0 Å². The Labute approximate surface area is 179 Å². The van der Waals surface area contributed by atoms with E-state index in [-0.39, 0.29) is 18.1 Å². The number of anilines is 1. The van der Waals surface area contributed by atoms with E-state index in [1.54, 1.807) is 29.2 Å². The zero-order valence-electron chi connectivity index (χ0n) is 16.4. The fourth-order valence-electron chi connectivity index (χ4n) is 3.60. The number of benzene rings is 1. The van der Waals surface area contributed by atoms with Crippen LogP contribution in [-0.2, 0) is 11.3 Å². The third-order valence-corrected chi connectivity index (χ3v) is 5.70. The number of halogens is 1. The molecule has 158 valence electrons. The lowest BCUT2D eigenvalue weighted by Crippen LogP contribution is -2.59. The van der Waals surface area contributed by atoms with Crippen LogP contribution in [0.25, 0.3) is 0 Å². The molecule has 30 heavy (non-hydrogen) atoms. The number of aromatic carboxylic acids is 1. The molecule has 0 spiro atoms. The third kappa shape index (κ3) is 4.56. The van der Waals surface area contributed by atoms with E-state index < -0.39 is 5.97 Å². The molecule has 2 aliphatic rings. The topological polar surface area (TPSA) is 86.2 Å². The Hall–Kier alpha value is -2.68. The van der Waals surface area contributed by atoms with Crippen molar-refractivity contribution >= 4 is 29.3 Å². The summed E-state index contributed by atoms with van der Waals surface area (Å²) in [5.74, 6) is -1.04. The smallest absolute Gasteiger partial charge is 0.337 e. The molecule has 0 radical (unpaired) electrons. The minimum absolute atomic E-state index is 0.107. The summed E-state index contributed by atoms with van der Waals surface area (Å²) >= 11 is 6.16. The van der Waals surface area contributed by atoms with Crippen LogP contribution in [0.15, 0.2) is 42.6 Å². The number of hydrogen-bond donors (Lipinski definition) is 1. The van der Waals surface area contributed by atoms with E-state index in [4.69, 9.17) is 21.4 Å². The van der Waals surface area contributed by atoms with Gasteiger partial charge in [-0.25, -0.2) is 9.59 Å². The first-order valence-electron chi connectivity index (χ1n) is 9.83. The summed E-state index contributed by atoms with van der Waals surface area (Å²) in [5, 5.41) is 9.61. The van der Waals surface area contributed by atoms with E-state index in [9.17, 15) is 9.59 Å². The molecular weight excluding hydrogens is 408 g/mol. The van der Waals surface area contributed by atoms with Crippen LogP contribution in [0.1, 0.15) is 16.1 Å². The molecule has 4 rings (SSSR count). The number of ether oxygens (including phenoxy) is 1. The zero-order valence-corrected chi connectivity index (χ0v) is 17.2. The van der Waals surface area contributed by atoms with Crippen molar-refractivity contribution in [1.29, 1.82) is 0 Å². The van der Waals surface area contributed by atoms with E-state index >= 15 is 0 Å². The van der Waals surface area contributed by atoms with Gasteiger partial charge in [-0.05, 0) is 30.3 Å². The van der Waals surface area contributed by atoms with Crippen molar-refractivity contribution in [3.8, 4) is 0 Å². The number of carbonyl (C=O) groups excluding carboxylic acids is 1. The molecule has 9 heteroatoms. The number of piperazine rings is 1. The number of carbonyl (C=O) groups is 2. The van der Waals surface area contributed by atoms with Crippen LogP contribution < -0.4 is 4.90 Å². The number of amides is 2. The molecule has 1 N–H and O–H groups in total. The lowest BCUT2D eigenvalue weighted by molar-refractivity contribution is -0.0738. The summed E-state index contributed by atoms with van der Waals surface area (Å²) in [5.41, 5.74) is 1.38. The normalized spacial score (nSPS) is 17.4. The lowest BCUT2D eigenvalue weighted by Gasteiger charge is -2.43. The Morgan fingerprint density at radius 3 is 2.50 bits per heavy atom. The largest absolute Gasteiger partial charge is 0.478 e. The van der Waals surface area contributed by atoms with Crippen molar-refractivity contribution in [2.75, 3.05) is 44.3 Å². The monoisotopic (exact) mass is 430 g/mol. The highest BCUT2D eigenvalue weighted by molar-refractivity contribution is 6.30. The van der Waals surface area contributed by atoms with E-state index in [1.165, 1.54) is 12.3 Å². The van der Waals surface area contributed by atoms with E-state index in [0.29, 0.717) is 35.5 Å². The summed E-state index contributed by atoms with van der Waals surface area (Å²) in [7, 11) is 0. The van der Waals surface area contributed by atoms with Gasteiger partial charge in [-0.3, -0.25) is 14.8 Å². The van der Waals surface area contributed by atoms with Crippen LogP contribution in [0.4, 0.5) is 10.5 Å². The molecule has 2 aromatic rings. The van der Waals surface area contributed by atoms with Gasteiger partial charge in [-0.2, -0.15) is 0 Å². The number of rotatable bonds is 5. The van der Waals surface area contributed by atoms with Crippen LogP contribution in [0, 0.1) is 0 Å². The van der Waals surface area contributed by atoms with Crippen LogP contribution in [0.3, 0.4) is 0 Å². The van der Waals surface area contributed by atoms with Crippen molar-refractivity contribution in [3.63, 3.8) is 0 Å². The van der Waals surface area contributed by atoms with Gasteiger partial charge in [0.25, 0.3) is 0 Å². The highest BCUT2D eigenvalue weighted by Crippen LogP contribution is 2.24. The molecule has 8 nitrogen and oxygen atoms in total.